The first kappa shape index (κ1) is 25.9. The molecule has 8 nitrogen and oxygen atoms in total. The lowest BCUT2D eigenvalue weighted by atomic mass is 10.2. The number of likely N-dealkylation sites (N-methyl/N-ethyl adjacent to an activating group) is 1. The van der Waals surface area contributed by atoms with Crippen LogP contribution in [0.4, 0.5) is 0 Å². The number of rotatable bonds is 12. The Balaban J connectivity index is 0.000000512. The van der Waals surface area contributed by atoms with Gasteiger partial charge in [0.1, 0.15) is 5.75 Å². The van der Waals surface area contributed by atoms with Crippen LogP contribution in [0.1, 0.15) is 31.4 Å². The highest BCUT2D eigenvalue weighted by molar-refractivity contribution is 5.89. The Morgan fingerprint density at radius 1 is 1.16 bits per heavy atom. The van der Waals surface area contributed by atoms with Crippen molar-refractivity contribution < 1.29 is 24.5 Å². The number of benzene rings is 1. The molecule has 2 rings (SSSR count). The zero-order chi connectivity index (χ0) is 23.2. The van der Waals surface area contributed by atoms with Crippen LogP contribution < -0.4 is 4.74 Å². The SMILES string of the molecule is C=CCN(C)CCCCCCOc1ccc2c(C)nn(C)c2c1.O=C(O)/C=C/C(=O)O. The lowest BCUT2D eigenvalue weighted by Gasteiger charge is -2.13. The molecule has 1 aromatic carbocycles. The number of hydrogen-bond donors (Lipinski definition) is 2. The van der Waals surface area contributed by atoms with Crippen molar-refractivity contribution in [2.24, 2.45) is 7.05 Å². The van der Waals surface area contributed by atoms with E-state index in [1.807, 2.05) is 30.8 Å². The summed E-state index contributed by atoms with van der Waals surface area (Å²) >= 11 is 0. The van der Waals surface area contributed by atoms with Crippen molar-refractivity contribution >= 4 is 22.8 Å². The second kappa shape index (κ2) is 14.0. The predicted molar refractivity (Wildman–Crippen MR) is 122 cm³/mol. The van der Waals surface area contributed by atoms with Gasteiger partial charge in [0.15, 0.2) is 0 Å². The molecule has 8 heteroatoms. The van der Waals surface area contributed by atoms with Gasteiger partial charge in [0.2, 0.25) is 0 Å². The number of aliphatic carboxylic acids is 2. The highest BCUT2D eigenvalue weighted by Crippen LogP contribution is 2.23. The molecule has 0 atom stereocenters. The average molecular weight is 432 g/mol. The molecule has 0 spiro atoms. The third kappa shape index (κ3) is 10.5. The highest BCUT2D eigenvalue weighted by Gasteiger charge is 2.06. The first-order chi connectivity index (χ1) is 14.7. The van der Waals surface area contributed by atoms with Crippen molar-refractivity contribution in [3.05, 3.63) is 48.7 Å². The van der Waals surface area contributed by atoms with E-state index in [2.05, 4.69) is 35.8 Å². The maximum absolute atomic E-state index is 9.55. The Bertz CT molecular complexity index is 873. The lowest BCUT2D eigenvalue weighted by molar-refractivity contribution is -0.134. The molecule has 1 aromatic heterocycles. The van der Waals surface area contributed by atoms with Gasteiger partial charge in [-0.25, -0.2) is 9.59 Å². The molecule has 2 aromatic rings. The summed E-state index contributed by atoms with van der Waals surface area (Å²) in [5, 5.41) is 21.3. The van der Waals surface area contributed by atoms with Crippen molar-refractivity contribution in [3.8, 4) is 5.75 Å². The summed E-state index contributed by atoms with van der Waals surface area (Å²) in [5.74, 6) is -1.58. The monoisotopic (exact) mass is 431 g/mol. The fourth-order valence-corrected chi connectivity index (χ4v) is 2.99. The maximum Gasteiger partial charge on any atom is 0.328 e. The molecule has 31 heavy (non-hydrogen) atoms. The van der Waals surface area contributed by atoms with Crippen LogP contribution in [-0.4, -0.2) is 63.6 Å². The van der Waals surface area contributed by atoms with Gasteiger partial charge in [-0.05, 0) is 45.5 Å². The van der Waals surface area contributed by atoms with Gasteiger partial charge < -0.3 is 19.8 Å². The van der Waals surface area contributed by atoms with Gasteiger partial charge in [-0.15, -0.1) is 6.58 Å². The second-order valence-electron chi connectivity index (χ2n) is 7.21. The van der Waals surface area contributed by atoms with Crippen LogP contribution in [0.2, 0.25) is 0 Å². The Morgan fingerprint density at radius 2 is 1.81 bits per heavy atom. The first-order valence-corrected chi connectivity index (χ1v) is 10.2. The van der Waals surface area contributed by atoms with Crippen LogP contribution >= 0.6 is 0 Å². The third-order valence-electron chi connectivity index (χ3n) is 4.52. The largest absolute Gasteiger partial charge is 0.494 e. The molecule has 0 amide bonds. The number of nitrogens with zero attached hydrogens (tertiary/aromatic N) is 3. The van der Waals surface area contributed by atoms with Gasteiger partial charge in [0.25, 0.3) is 0 Å². The standard InChI is InChI=1S/C19H29N3O.C4H4O4/c1-5-12-21(3)13-8-6-7-9-14-23-17-10-11-18-16(2)20-22(4)19(18)15-17;5-3(6)1-2-4(7)8/h5,10-11,15H,1,6-9,12-14H2,2-4H3;1-2H,(H,5,6)(H,7,8)/b;2-1+. The maximum atomic E-state index is 9.55. The van der Waals surface area contributed by atoms with Crippen LogP contribution in [0.15, 0.2) is 43.0 Å². The highest BCUT2D eigenvalue weighted by atomic mass is 16.5. The van der Waals surface area contributed by atoms with E-state index in [0.717, 1.165) is 43.1 Å². The van der Waals surface area contributed by atoms with E-state index < -0.39 is 11.9 Å². The minimum atomic E-state index is -1.26. The van der Waals surface area contributed by atoms with Crippen molar-refractivity contribution in [1.82, 2.24) is 14.7 Å². The van der Waals surface area contributed by atoms with Crippen LogP contribution in [-0.2, 0) is 16.6 Å². The quantitative estimate of drug-likeness (QED) is 0.300. The van der Waals surface area contributed by atoms with E-state index in [4.69, 9.17) is 14.9 Å². The molecule has 0 saturated heterocycles. The normalized spacial score (nSPS) is 10.8. The fourth-order valence-electron chi connectivity index (χ4n) is 2.99. The number of ether oxygens (including phenoxy) is 1. The van der Waals surface area contributed by atoms with Crippen molar-refractivity contribution in [3.63, 3.8) is 0 Å². The molecule has 0 saturated carbocycles. The number of aryl methyl sites for hydroxylation is 2. The number of carboxylic acid groups (broad SMARTS) is 2. The number of hydrogen-bond acceptors (Lipinski definition) is 5. The van der Waals surface area contributed by atoms with Gasteiger partial charge in [-0.3, -0.25) is 4.68 Å². The fraction of sp³-hybridized carbons (Fsp3) is 0.435. The second-order valence-corrected chi connectivity index (χ2v) is 7.21. The molecule has 0 aliphatic carbocycles. The summed E-state index contributed by atoms with van der Waals surface area (Å²) < 4.78 is 7.79. The Hall–Kier alpha value is -3.13. The minimum Gasteiger partial charge on any atom is -0.494 e. The van der Waals surface area contributed by atoms with Crippen LogP contribution in [0.3, 0.4) is 0 Å². The number of fused-ring (bicyclic) bond motifs is 1. The van der Waals surface area contributed by atoms with Crippen molar-refractivity contribution in [2.75, 3.05) is 26.7 Å². The van der Waals surface area contributed by atoms with Crippen LogP contribution in [0, 0.1) is 6.92 Å². The summed E-state index contributed by atoms with van der Waals surface area (Å²) in [4.78, 5) is 21.4. The molecular weight excluding hydrogens is 398 g/mol. The number of aromatic nitrogens is 2. The molecule has 0 fully saturated rings. The van der Waals surface area contributed by atoms with Crippen LogP contribution in [0.25, 0.3) is 10.9 Å². The van der Waals surface area contributed by atoms with Gasteiger partial charge in [0, 0.05) is 37.2 Å². The van der Waals surface area contributed by atoms with Gasteiger partial charge in [-0.2, -0.15) is 5.10 Å². The summed E-state index contributed by atoms with van der Waals surface area (Å²) in [6, 6.07) is 6.23. The smallest absolute Gasteiger partial charge is 0.328 e. The van der Waals surface area contributed by atoms with E-state index in [0.29, 0.717) is 12.2 Å². The predicted octanol–water partition coefficient (Wildman–Crippen LogP) is 3.65. The third-order valence-corrected chi connectivity index (χ3v) is 4.52. The molecule has 0 aliphatic rings. The summed E-state index contributed by atoms with van der Waals surface area (Å²) in [5.41, 5.74) is 2.20. The molecule has 1 heterocycles. The lowest BCUT2D eigenvalue weighted by Crippen LogP contribution is -2.19. The average Bonchev–Trinajstić information content (AvgIpc) is 2.99. The Labute approximate surface area is 183 Å². The summed E-state index contributed by atoms with van der Waals surface area (Å²) in [7, 11) is 4.11. The first-order valence-electron chi connectivity index (χ1n) is 10.2. The number of unbranched alkanes of at least 4 members (excludes halogenated alkanes) is 3. The topological polar surface area (TPSA) is 105 Å². The van der Waals surface area contributed by atoms with E-state index in [9.17, 15) is 9.59 Å². The van der Waals surface area contributed by atoms with Gasteiger partial charge >= 0.3 is 11.9 Å². The Kier molecular flexibility index (Phi) is 11.7. The Morgan fingerprint density at radius 3 is 2.42 bits per heavy atom. The van der Waals surface area contributed by atoms with Gasteiger partial charge in [0.05, 0.1) is 17.8 Å². The minimum absolute atomic E-state index is 0.558. The zero-order valence-corrected chi connectivity index (χ0v) is 18.6. The molecule has 0 bridgehead atoms. The number of carboxylic acids is 2. The van der Waals surface area contributed by atoms with E-state index >= 15 is 0 Å². The summed E-state index contributed by atoms with van der Waals surface area (Å²) in [6.07, 6.45) is 7.89. The van der Waals surface area contributed by atoms with E-state index in [1.165, 1.54) is 24.6 Å². The van der Waals surface area contributed by atoms with Crippen LogP contribution in [0.5, 0.6) is 5.75 Å². The molecule has 0 aliphatic heterocycles. The molecule has 0 unspecified atom stereocenters. The summed E-state index contributed by atoms with van der Waals surface area (Å²) in [6.45, 7) is 8.69. The molecular formula is C23H33N3O5. The van der Waals surface area contributed by atoms with Gasteiger partial charge in [-0.1, -0.05) is 18.9 Å². The molecule has 0 radical (unpaired) electrons. The molecule has 170 valence electrons. The van der Waals surface area contributed by atoms with Crippen molar-refractivity contribution in [1.29, 1.82) is 0 Å². The molecule has 2 N–H and O–H groups in total. The van der Waals surface area contributed by atoms with Crippen molar-refractivity contribution in [2.45, 2.75) is 32.6 Å². The van der Waals surface area contributed by atoms with E-state index in [-0.39, 0.29) is 0 Å². The van der Waals surface area contributed by atoms with E-state index in [1.54, 1.807) is 0 Å². The zero-order valence-electron chi connectivity index (χ0n) is 18.6. The number of carbonyl (C=O) groups is 2.